The van der Waals surface area contributed by atoms with Crippen molar-refractivity contribution in [2.45, 2.75) is 26.1 Å². The zero-order valence-electron chi connectivity index (χ0n) is 5.83. The SMILES string of the molecule is CCCC1=CC(O)OC1=O. The van der Waals surface area contributed by atoms with Crippen LogP contribution in [-0.2, 0) is 9.53 Å². The van der Waals surface area contributed by atoms with Crippen LogP contribution in [0.15, 0.2) is 11.6 Å². The van der Waals surface area contributed by atoms with Gasteiger partial charge < -0.3 is 9.84 Å². The lowest BCUT2D eigenvalue weighted by molar-refractivity contribution is -0.151. The summed E-state index contributed by atoms with van der Waals surface area (Å²) in [7, 11) is 0. The standard InChI is InChI=1S/C7H10O3/c1-2-3-5-4-6(8)10-7(5)9/h4,6,8H,2-3H2,1H3. The Morgan fingerprint density at radius 1 is 1.80 bits per heavy atom. The van der Waals surface area contributed by atoms with Gasteiger partial charge in [0.05, 0.1) is 0 Å². The lowest BCUT2D eigenvalue weighted by Crippen LogP contribution is -2.06. The van der Waals surface area contributed by atoms with E-state index in [2.05, 4.69) is 4.74 Å². The van der Waals surface area contributed by atoms with Crippen LogP contribution in [0.2, 0.25) is 0 Å². The Kier molecular flexibility index (Phi) is 2.06. The average molecular weight is 142 g/mol. The summed E-state index contributed by atoms with van der Waals surface area (Å²) in [6.45, 7) is 1.97. The fourth-order valence-corrected chi connectivity index (χ4v) is 0.914. The van der Waals surface area contributed by atoms with Gasteiger partial charge in [-0.25, -0.2) is 4.79 Å². The highest BCUT2D eigenvalue weighted by Gasteiger charge is 2.21. The third-order valence-electron chi connectivity index (χ3n) is 1.35. The molecular formula is C7H10O3. The Balaban J connectivity index is 2.57. The van der Waals surface area contributed by atoms with Gasteiger partial charge >= 0.3 is 5.97 Å². The molecule has 0 bridgehead atoms. The molecule has 1 unspecified atom stereocenters. The van der Waals surface area contributed by atoms with E-state index in [9.17, 15) is 4.79 Å². The van der Waals surface area contributed by atoms with Gasteiger partial charge in [0.25, 0.3) is 0 Å². The van der Waals surface area contributed by atoms with Gasteiger partial charge in [-0.05, 0) is 12.5 Å². The first-order chi connectivity index (χ1) is 4.74. The number of carbonyl (C=O) groups excluding carboxylic acids is 1. The van der Waals surface area contributed by atoms with Crippen molar-refractivity contribution in [3.63, 3.8) is 0 Å². The number of aliphatic hydroxyl groups is 1. The van der Waals surface area contributed by atoms with Crippen molar-refractivity contribution in [3.05, 3.63) is 11.6 Å². The molecule has 0 aromatic heterocycles. The van der Waals surface area contributed by atoms with Crippen LogP contribution < -0.4 is 0 Å². The van der Waals surface area contributed by atoms with Crippen LogP contribution in [0.25, 0.3) is 0 Å². The first kappa shape index (κ1) is 7.28. The molecule has 0 saturated heterocycles. The third-order valence-corrected chi connectivity index (χ3v) is 1.35. The van der Waals surface area contributed by atoms with E-state index in [-0.39, 0.29) is 5.97 Å². The molecule has 1 N–H and O–H groups in total. The Morgan fingerprint density at radius 2 is 2.50 bits per heavy atom. The number of cyclic esters (lactones) is 1. The summed E-state index contributed by atoms with van der Waals surface area (Å²) in [5.74, 6) is -0.380. The highest BCUT2D eigenvalue weighted by Crippen LogP contribution is 2.15. The minimum absolute atomic E-state index is 0.380. The molecule has 0 saturated carbocycles. The number of rotatable bonds is 2. The number of ether oxygens (including phenoxy) is 1. The molecule has 1 atom stereocenters. The number of hydrogen-bond acceptors (Lipinski definition) is 3. The second-order valence-electron chi connectivity index (χ2n) is 2.24. The molecule has 0 fully saturated rings. The second kappa shape index (κ2) is 2.84. The largest absolute Gasteiger partial charge is 0.429 e. The predicted molar refractivity (Wildman–Crippen MR) is 35.1 cm³/mol. The number of aliphatic hydroxyl groups excluding tert-OH is 1. The van der Waals surface area contributed by atoms with Gasteiger partial charge in [0, 0.05) is 5.57 Å². The minimum Gasteiger partial charge on any atom is -0.429 e. The molecule has 1 rings (SSSR count). The zero-order chi connectivity index (χ0) is 7.56. The predicted octanol–water partition coefficient (Wildman–Crippen LogP) is 0.588. The van der Waals surface area contributed by atoms with E-state index in [0.29, 0.717) is 12.0 Å². The maximum atomic E-state index is 10.7. The van der Waals surface area contributed by atoms with Crippen LogP contribution in [0.3, 0.4) is 0 Å². The summed E-state index contributed by atoms with van der Waals surface area (Å²) in [6, 6.07) is 0. The first-order valence-corrected chi connectivity index (χ1v) is 3.33. The average Bonchev–Trinajstić information content (AvgIpc) is 2.13. The van der Waals surface area contributed by atoms with Gasteiger partial charge in [-0.1, -0.05) is 13.3 Å². The molecule has 0 aromatic rings. The van der Waals surface area contributed by atoms with Crippen LogP contribution in [0.1, 0.15) is 19.8 Å². The topological polar surface area (TPSA) is 46.5 Å². The van der Waals surface area contributed by atoms with Gasteiger partial charge in [-0.2, -0.15) is 0 Å². The summed E-state index contributed by atoms with van der Waals surface area (Å²) in [4.78, 5) is 10.7. The van der Waals surface area contributed by atoms with E-state index in [1.54, 1.807) is 0 Å². The van der Waals surface area contributed by atoms with Crippen LogP contribution in [-0.4, -0.2) is 17.4 Å². The van der Waals surface area contributed by atoms with Gasteiger partial charge in [0.15, 0.2) is 0 Å². The molecule has 0 spiro atoms. The first-order valence-electron chi connectivity index (χ1n) is 3.33. The molecule has 1 aliphatic rings. The lowest BCUT2D eigenvalue weighted by Gasteiger charge is -1.96. The van der Waals surface area contributed by atoms with Crippen LogP contribution in [0.4, 0.5) is 0 Å². The monoisotopic (exact) mass is 142 g/mol. The molecule has 0 amide bonds. The van der Waals surface area contributed by atoms with Crippen LogP contribution >= 0.6 is 0 Å². The highest BCUT2D eigenvalue weighted by atomic mass is 16.6. The van der Waals surface area contributed by atoms with Crippen LogP contribution in [0, 0.1) is 0 Å². The Bertz CT molecular complexity index is 172. The third kappa shape index (κ3) is 1.36. The number of esters is 1. The number of hydrogen-bond donors (Lipinski definition) is 1. The molecule has 3 heteroatoms. The van der Waals surface area contributed by atoms with E-state index < -0.39 is 6.29 Å². The Hall–Kier alpha value is -0.830. The fraction of sp³-hybridized carbons (Fsp3) is 0.571. The van der Waals surface area contributed by atoms with Gasteiger partial charge in [0.2, 0.25) is 6.29 Å². The summed E-state index contributed by atoms with van der Waals surface area (Å²) < 4.78 is 4.45. The maximum absolute atomic E-state index is 10.7. The van der Waals surface area contributed by atoms with E-state index in [1.807, 2.05) is 6.92 Å². The Labute approximate surface area is 59.3 Å². The number of carbonyl (C=O) groups is 1. The maximum Gasteiger partial charge on any atom is 0.336 e. The fourth-order valence-electron chi connectivity index (χ4n) is 0.914. The van der Waals surface area contributed by atoms with Crippen molar-refractivity contribution in [3.8, 4) is 0 Å². The summed E-state index contributed by atoms with van der Waals surface area (Å²) in [5.41, 5.74) is 0.593. The van der Waals surface area contributed by atoms with E-state index >= 15 is 0 Å². The van der Waals surface area contributed by atoms with Crippen molar-refractivity contribution in [1.29, 1.82) is 0 Å². The van der Waals surface area contributed by atoms with Gasteiger partial charge in [-0.15, -0.1) is 0 Å². The zero-order valence-corrected chi connectivity index (χ0v) is 5.83. The normalized spacial score (nSPS) is 24.4. The molecule has 0 aromatic carbocycles. The highest BCUT2D eigenvalue weighted by molar-refractivity contribution is 5.90. The van der Waals surface area contributed by atoms with Crippen LogP contribution in [0.5, 0.6) is 0 Å². The van der Waals surface area contributed by atoms with Crippen molar-refractivity contribution < 1.29 is 14.6 Å². The molecule has 0 aliphatic carbocycles. The van der Waals surface area contributed by atoms with Crippen molar-refractivity contribution in [2.24, 2.45) is 0 Å². The van der Waals surface area contributed by atoms with Gasteiger partial charge in [-0.3, -0.25) is 0 Å². The molecule has 56 valence electrons. The summed E-state index contributed by atoms with van der Waals surface area (Å²) in [6.07, 6.45) is 2.03. The molecule has 10 heavy (non-hydrogen) atoms. The van der Waals surface area contributed by atoms with E-state index in [4.69, 9.17) is 5.11 Å². The van der Waals surface area contributed by atoms with Crippen molar-refractivity contribution >= 4 is 5.97 Å². The smallest absolute Gasteiger partial charge is 0.336 e. The van der Waals surface area contributed by atoms with Crippen molar-refractivity contribution in [2.75, 3.05) is 0 Å². The quantitative estimate of drug-likeness (QED) is 0.574. The summed E-state index contributed by atoms with van der Waals surface area (Å²) >= 11 is 0. The molecule has 1 aliphatic heterocycles. The minimum atomic E-state index is -1.01. The molecule has 3 nitrogen and oxygen atoms in total. The molecule has 0 radical (unpaired) electrons. The lowest BCUT2D eigenvalue weighted by atomic mass is 10.1. The Morgan fingerprint density at radius 3 is 2.90 bits per heavy atom. The van der Waals surface area contributed by atoms with Crippen molar-refractivity contribution in [1.82, 2.24) is 0 Å². The molecular weight excluding hydrogens is 132 g/mol. The van der Waals surface area contributed by atoms with Gasteiger partial charge in [0.1, 0.15) is 0 Å². The van der Waals surface area contributed by atoms with E-state index in [0.717, 1.165) is 6.42 Å². The summed E-state index contributed by atoms with van der Waals surface area (Å²) in [5, 5.41) is 8.78. The second-order valence-corrected chi connectivity index (χ2v) is 2.24. The molecule has 1 heterocycles. The van der Waals surface area contributed by atoms with E-state index in [1.165, 1.54) is 6.08 Å².